The van der Waals surface area contributed by atoms with Crippen LogP contribution in [0.25, 0.3) is 0 Å². The summed E-state index contributed by atoms with van der Waals surface area (Å²) in [7, 11) is -0.576. The minimum absolute atomic E-state index is 0.328. The van der Waals surface area contributed by atoms with E-state index < -0.39 is 14.2 Å². The van der Waals surface area contributed by atoms with Gasteiger partial charge in [-0.05, 0) is 26.5 Å². The van der Waals surface area contributed by atoms with Crippen molar-refractivity contribution in [2.24, 2.45) is 0 Å². The first-order valence-electron chi connectivity index (χ1n) is 2.26. The highest BCUT2D eigenvalue weighted by molar-refractivity contribution is 8.95. The van der Waals surface area contributed by atoms with Gasteiger partial charge < -0.3 is 8.01 Å². The van der Waals surface area contributed by atoms with E-state index >= 15 is 0 Å². The van der Waals surface area contributed by atoms with E-state index in [1.165, 1.54) is 0 Å². The summed E-state index contributed by atoms with van der Waals surface area (Å²) < 4.78 is -0.328. The van der Waals surface area contributed by atoms with Crippen LogP contribution in [0.3, 0.4) is 0 Å². The van der Waals surface area contributed by atoms with E-state index in [-0.39, 0.29) is 4.08 Å². The first-order valence-corrected chi connectivity index (χ1v) is 9.87. The molecule has 0 atom stereocenters. The summed E-state index contributed by atoms with van der Waals surface area (Å²) in [6.07, 6.45) is -1.74. The molecule has 0 aliphatic rings. The van der Waals surface area contributed by atoms with Crippen LogP contribution in [0.2, 0.25) is 0 Å². The lowest BCUT2D eigenvalue weighted by Gasteiger charge is -2.32. The van der Waals surface area contributed by atoms with E-state index in [2.05, 4.69) is 11.7 Å². The molecular formula is C3H7S7-. The summed E-state index contributed by atoms with van der Waals surface area (Å²) in [5.41, 5.74) is 0. The van der Waals surface area contributed by atoms with Gasteiger partial charge in [0.2, 0.25) is 0 Å². The van der Waals surface area contributed by atoms with Gasteiger partial charge in [-0.15, -0.1) is 11.7 Å². The molecule has 0 spiro atoms. The van der Waals surface area contributed by atoms with Gasteiger partial charge in [0.25, 0.3) is 0 Å². The van der Waals surface area contributed by atoms with E-state index in [1.807, 2.05) is 13.8 Å². The molecule has 0 nitrogen and oxygen atoms in total. The van der Waals surface area contributed by atoms with Crippen LogP contribution in [0.4, 0.5) is 0 Å². The van der Waals surface area contributed by atoms with Crippen LogP contribution < -0.4 is 0 Å². The Kier molecular flexibility index (Phi) is 4.49. The first kappa shape index (κ1) is 11.9. The van der Waals surface area contributed by atoms with Crippen molar-refractivity contribution < 1.29 is 0 Å². The molecule has 0 unspecified atom stereocenters. The summed E-state index contributed by atoms with van der Waals surface area (Å²) in [6, 6.07) is 0. The van der Waals surface area contributed by atoms with Crippen molar-refractivity contribution in [3.63, 3.8) is 0 Å². The van der Waals surface area contributed by atoms with Crippen LogP contribution in [0.1, 0.15) is 13.8 Å². The van der Waals surface area contributed by atoms with E-state index in [9.17, 15) is 0 Å². The minimum Gasteiger partial charge on any atom is -0.331 e. The van der Waals surface area contributed by atoms with Gasteiger partial charge in [-0.25, -0.2) is 0 Å². The van der Waals surface area contributed by atoms with Crippen LogP contribution in [-0.2, 0) is 58.9 Å². The van der Waals surface area contributed by atoms with Gasteiger partial charge in [0.15, 0.2) is 0 Å². The van der Waals surface area contributed by atoms with Crippen molar-refractivity contribution in [2.75, 3.05) is 0 Å². The van der Waals surface area contributed by atoms with Crippen LogP contribution in [0.5, 0.6) is 0 Å². The van der Waals surface area contributed by atoms with E-state index in [0.717, 1.165) is 0 Å². The average Bonchev–Trinajstić information content (AvgIpc) is 1.62. The zero-order chi connectivity index (χ0) is 8.58. The summed E-state index contributed by atoms with van der Waals surface area (Å²) in [4.78, 5) is 0. The Balaban J connectivity index is 5.16. The van der Waals surface area contributed by atoms with Crippen LogP contribution in [0.15, 0.2) is 0 Å². The fraction of sp³-hybridized carbons (Fsp3) is 1.00. The van der Waals surface area contributed by atoms with Crippen molar-refractivity contribution >= 4 is 70.6 Å². The van der Waals surface area contributed by atoms with Crippen LogP contribution in [0, 0.1) is 0 Å². The quantitative estimate of drug-likeness (QED) is 0.453. The van der Waals surface area contributed by atoms with Gasteiger partial charge in [0, 0.05) is 0 Å². The third-order valence-electron chi connectivity index (χ3n) is 1.02. The summed E-state index contributed by atoms with van der Waals surface area (Å²) >= 11 is 24.1. The molecule has 0 amide bonds. The Morgan fingerprint density at radius 2 is 1.60 bits per heavy atom. The maximum Gasteiger partial charge on any atom is -0.0348 e. The second-order valence-electron chi connectivity index (χ2n) is 2.11. The monoisotopic (exact) mass is 267 g/mol. The van der Waals surface area contributed by atoms with Crippen molar-refractivity contribution in [1.82, 2.24) is 0 Å². The molecule has 0 aliphatic carbocycles. The van der Waals surface area contributed by atoms with Gasteiger partial charge in [-0.2, -0.15) is 0 Å². The molecule has 7 heteroatoms. The SMILES string of the molecule is CC(C)([S-](=S)=S)S(=S)(=S)S. The van der Waals surface area contributed by atoms with Gasteiger partial charge in [-0.1, -0.05) is 20.0 Å². The fourth-order valence-corrected chi connectivity index (χ4v) is 6.96. The van der Waals surface area contributed by atoms with Gasteiger partial charge in [0.1, 0.15) is 0 Å². The third-order valence-corrected chi connectivity index (χ3v) is 12.3. The highest BCUT2D eigenvalue weighted by Gasteiger charge is 2.14. The van der Waals surface area contributed by atoms with Crippen LogP contribution in [-0.4, -0.2) is 4.08 Å². The molecule has 0 bridgehead atoms. The molecule has 0 saturated carbocycles. The zero-order valence-corrected chi connectivity index (χ0v) is 11.2. The lowest BCUT2D eigenvalue weighted by molar-refractivity contribution is 1.04. The Bertz CT molecular complexity index is 268. The maximum atomic E-state index is 5.03. The molecule has 0 aromatic rings. The Morgan fingerprint density at radius 3 is 1.60 bits per heavy atom. The van der Waals surface area contributed by atoms with Crippen molar-refractivity contribution in [2.45, 2.75) is 17.9 Å². The second-order valence-corrected chi connectivity index (χ2v) is 15.2. The van der Waals surface area contributed by atoms with Crippen molar-refractivity contribution in [3.8, 4) is 0 Å². The smallest absolute Gasteiger partial charge is 0.0348 e. The molecule has 0 heterocycles. The topological polar surface area (TPSA) is 0 Å². The lowest BCUT2D eigenvalue weighted by Crippen LogP contribution is -2.26. The molecule has 0 saturated heterocycles. The minimum atomic E-state index is -1.74. The molecule has 10 heavy (non-hydrogen) atoms. The molecule has 0 aromatic carbocycles. The molecular weight excluding hydrogens is 261 g/mol. The molecule has 0 rings (SSSR count). The average molecular weight is 268 g/mol. The van der Waals surface area contributed by atoms with E-state index in [4.69, 9.17) is 44.8 Å². The molecule has 62 valence electrons. The summed E-state index contributed by atoms with van der Waals surface area (Å²) in [5.74, 6) is 0. The van der Waals surface area contributed by atoms with Gasteiger partial charge in [0.05, 0.1) is 0 Å². The standard InChI is InChI=1S/C3H7S7/c1-3(2,9(4)5)10(6,7)8/h1-2H3,(H,6,7,8)/q-1. The van der Waals surface area contributed by atoms with E-state index in [0.29, 0.717) is 0 Å². The highest BCUT2D eigenvalue weighted by Crippen LogP contribution is 2.22. The predicted molar refractivity (Wildman–Crippen MR) is 67.3 cm³/mol. The van der Waals surface area contributed by atoms with Gasteiger partial charge in [-0.3, -0.25) is 22.4 Å². The van der Waals surface area contributed by atoms with Crippen molar-refractivity contribution in [1.29, 1.82) is 0 Å². The Labute approximate surface area is 87.6 Å². The molecule has 0 N–H and O–H groups in total. The number of thiol groups is 1. The third kappa shape index (κ3) is 2.76. The normalized spacial score (nSPS) is 14.0. The maximum absolute atomic E-state index is 5.03. The lowest BCUT2D eigenvalue weighted by atomic mass is 10.6. The van der Waals surface area contributed by atoms with E-state index in [1.54, 1.807) is 0 Å². The largest absolute Gasteiger partial charge is 0.331 e. The van der Waals surface area contributed by atoms with Gasteiger partial charge >= 0.3 is 0 Å². The Morgan fingerprint density at radius 1 is 1.30 bits per heavy atom. The predicted octanol–water partition coefficient (Wildman–Crippen LogP) is 1.19. The fourth-order valence-electron chi connectivity index (χ4n) is 0.0860. The molecule has 0 fully saturated rings. The Hall–Kier alpha value is 1.93. The number of rotatable bonds is 2. The number of hydrogen-bond donors (Lipinski definition) is 1. The van der Waals surface area contributed by atoms with Crippen LogP contribution >= 0.6 is 11.7 Å². The summed E-state index contributed by atoms with van der Waals surface area (Å²) in [6.45, 7) is 3.80. The first-order chi connectivity index (χ1) is 4.19. The molecule has 0 radical (unpaired) electrons. The molecule has 0 aromatic heterocycles. The zero-order valence-electron chi connectivity index (χ0n) is 5.40. The highest BCUT2D eigenvalue weighted by atomic mass is 33.5. The number of hydrogen-bond acceptors (Lipinski definition) is 5. The second kappa shape index (κ2) is 3.76. The summed E-state index contributed by atoms with van der Waals surface area (Å²) in [5, 5.41) is 0. The van der Waals surface area contributed by atoms with Crippen molar-refractivity contribution in [3.05, 3.63) is 0 Å². The molecule has 0 aliphatic heterocycles.